The molecule has 1 fully saturated rings. The predicted molar refractivity (Wildman–Crippen MR) is 78.0 cm³/mol. The van der Waals surface area contributed by atoms with Crippen LogP contribution in [0, 0.1) is 0 Å². The summed E-state index contributed by atoms with van der Waals surface area (Å²) < 4.78 is 2.21. The molecule has 0 amide bonds. The third kappa shape index (κ3) is 2.51. The highest BCUT2D eigenvalue weighted by Gasteiger charge is 2.13. The first-order chi connectivity index (χ1) is 9.28. The molecule has 0 unspecified atom stereocenters. The van der Waals surface area contributed by atoms with E-state index in [1.54, 1.807) is 0 Å². The first-order valence-electron chi connectivity index (χ1n) is 7.14. The minimum absolute atomic E-state index is 0.579. The van der Waals surface area contributed by atoms with Crippen LogP contribution in [0.4, 0.5) is 0 Å². The van der Waals surface area contributed by atoms with Gasteiger partial charge in [0.2, 0.25) is 0 Å². The second-order valence-electron chi connectivity index (χ2n) is 5.41. The molecule has 102 valence electrons. The molecule has 0 bridgehead atoms. The van der Waals surface area contributed by atoms with E-state index < -0.39 is 0 Å². The summed E-state index contributed by atoms with van der Waals surface area (Å²) in [6, 6.07) is 6.33. The van der Waals surface area contributed by atoms with Crippen molar-refractivity contribution in [3.8, 4) is 0 Å². The number of rotatable bonds is 4. The number of nitrogens with zero attached hydrogens (tertiary/aromatic N) is 3. The van der Waals surface area contributed by atoms with Crippen LogP contribution < -0.4 is 5.73 Å². The molecule has 2 aromatic rings. The standard InChI is InChI=1S/C15H22N4/c1-18-14-5-4-12(11-16)10-13(14)17-15(18)6-9-19-7-2-3-8-19/h4-5,10H,2-3,6-9,11,16H2,1H3. The maximum absolute atomic E-state index is 5.69. The van der Waals surface area contributed by atoms with E-state index in [0.717, 1.165) is 24.0 Å². The van der Waals surface area contributed by atoms with Crippen LogP contribution in [0.3, 0.4) is 0 Å². The van der Waals surface area contributed by atoms with Crippen molar-refractivity contribution in [1.29, 1.82) is 0 Å². The first-order valence-corrected chi connectivity index (χ1v) is 7.14. The summed E-state index contributed by atoms with van der Waals surface area (Å²) in [6.45, 7) is 4.21. The summed E-state index contributed by atoms with van der Waals surface area (Å²) in [6.07, 6.45) is 3.73. The van der Waals surface area contributed by atoms with Crippen LogP contribution in [-0.4, -0.2) is 34.1 Å². The average Bonchev–Trinajstić information content (AvgIpc) is 3.04. The molecular formula is C15H22N4. The molecular weight excluding hydrogens is 236 g/mol. The van der Waals surface area contributed by atoms with E-state index in [-0.39, 0.29) is 0 Å². The fraction of sp³-hybridized carbons (Fsp3) is 0.533. The second kappa shape index (κ2) is 5.31. The van der Waals surface area contributed by atoms with E-state index in [9.17, 15) is 0 Å². The van der Waals surface area contributed by atoms with Gasteiger partial charge in [0.25, 0.3) is 0 Å². The van der Waals surface area contributed by atoms with Gasteiger partial charge in [-0.25, -0.2) is 4.98 Å². The number of nitrogens with two attached hydrogens (primary N) is 1. The topological polar surface area (TPSA) is 47.1 Å². The Morgan fingerprint density at radius 3 is 2.79 bits per heavy atom. The van der Waals surface area contributed by atoms with Gasteiger partial charge in [-0.1, -0.05) is 6.07 Å². The Hall–Kier alpha value is -1.39. The molecule has 2 N–H and O–H groups in total. The van der Waals surface area contributed by atoms with Gasteiger partial charge >= 0.3 is 0 Å². The summed E-state index contributed by atoms with van der Waals surface area (Å²) in [4.78, 5) is 7.29. The maximum Gasteiger partial charge on any atom is 0.110 e. The lowest BCUT2D eigenvalue weighted by Crippen LogP contribution is -2.22. The third-order valence-corrected chi connectivity index (χ3v) is 4.12. The number of aromatic nitrogens is 2. The maximum atomic E-state index is 5.69. The van der Waals surface area contributed by atoms with Crippen LogP contribution in [0.25, 0.3) is 11.0 Å². The van der Waals surface area contributed by atoms with Crippen molar-refractivity contribution >= 4 is 11.0 Å². The Morgan fingerprint density at radius 1 is 1.26 bits per heavy atom. The molecule has 0 spiro atoms. The molecule has 1 aliphatic heterocycles. The molecule has 0 aliphatic carbocycles. The Bertz CT molecular complexity index is 567. The molecule has 4 nitrogen and oxygen atoms in total. The van der Waals surface area contributed by atoms with Crippen molar-refractivity contribution in [2.75, 3.05) is 19.6 Å². The van der Waals surface area contributed by atoms with E-state index in [0.29, 0.717) is 6.54 Å². The van der Waals surface area contributed by atoms with Gasteiger partial charge in [0.15, 0.2) is 0 Å². The summed E-state index contributed by atoms with van der Waals surface area (Å²) in [5, 5.41) is 0. The largest absolute Gasteiger partial charge is 0.331 e. The fourth-order valence-electron chi connectivity index (χ4n) is 2.91. The van der Waals surface area contributed by atoms with Crippen molar-refractivity contribution in [3.05, 3.63) is 29.6 Å². The van der Waals surface area contributed by atoms with Crippen LogP contribution >= 0.6 is 0 Å². The molecule has 0 radical (unpaired) electrons. The number of hydrogen-bond donors (Lipinski definition) is 1. The minimum Gasteiger partial charge on any atom is -0.331 e. The SMILES string of the molecule is Cn1c(CCN2CCCC2)nc2cc(CN)ccc21. The molecule has 3 rings (SSSR count). The van der Waals surface area contributed by atoms with E-state index in [2.05, 4.69) is 34.7 Å². The lowest BCUT2D eigenvalue weighted by molar-refractivity contribution is 0.340. The summed E-state index contributed by atoms with van der Waals surface area (Å²) in [7, 11) is 2.11. The van der Waals surface area contributed by atoms with E-state index in [1.165, 1.54) is 37.3 Å². The third-order valence-electron chi connectivity index (χ3n) is 4.12. The Labute approximate surface area is 114 Å². The quantitative estimate of drug-likeness (QED) is 0.907. The number of fused-ring (bicyclic) bond motifs is 1. The zero-order valence-corrected chi connectivity index (χ0v) is 11.6. The highest BCUT2D eigenvalue weighted by Crippen LogP contribution is 2.17. The Balaban J connectivity index is 1.80. The first kappa shape index (κ1) is 12.6. The van der Waals surface area contributed by atoms with Crippen LogP contribution in [-0.2, 0) is 20.0 Å². The van der Waals surface area contributed by atoms with Crippen molar-refractivity contribution in [2.45, 2.75) is 25.8 Å². The van der Waals surface area contributed by atoms with Crippen molar-refractivity contribution < 1.29 is 0 Å². The highest BCUT2D eigenvalue weighted by atomic mass is 15.1. The van der Waals surface area contributed by atoms with E-state index >= 15 is 0 Å². The molecule has 1 aliphatic rings. The monoisotopic (exact) mass is 258 g/mol. The normalized spacial score (nSPS) is 16.5. The molecule has 1 aromatic heterocycles. The van der Waals surface area contributed by atoms with Gasteiger partial charge in [-0.15, -0.1) is 0 Å². The summed E-state index contributed by atoms with van der Waals surface area (Å²) in [5.41, 5.74) is 9.11. The van der Waals surface area contributed by atoms with Gasteiger partial charge in [0.05, 0.1) is 11.0 Å². The fourth-order valence-corrected chi connectivity index (χ4v) is 2.91. The van der Waals surface area contributed by atoms with Crippen LogP contribution in [0.1, 0.15) is 24.2 Å². The van der Waals surface area contributed by atoms with Gasteiger partial charge in [-0.05, 0) is 43.6 Å². The predicted octanol–water partition coefficient (Wildman–Crippen LogP) is 1.67. The van der Waals surface area contributed by atoms with Crippen molar-refractivity contribution in [2.24, 2.45) is 12.8 Å². The zero-order chi connectivity index (χ0) is 13.2. The zero-order valence-electron chi connectivity index (χ0n) is 11.6. The number of likely N-dealkylation sites (tertiary alicyclic amines) is 1. The van der Waals surface area contributed by atoms with Gasteiger partial charge < -0.3 is 15.2 Å². The second-order valence-corrected chi connectivity index (χ2v) is 5.41. The molecule has 19 heavy (non-hydrogen) atoms. The highest BCUT2D eigenvalue weighted by molar-refractivity contribution is 5.76. The molecule has 1 aromatic carbocycles. The number of imidazole rings is 1. The van der Waals surface area contributed by atoms with E-state index in [1.807, 2.05) is 0 Å². The number of aryl methyl sites for hydroxylation is 1. The Morgan fingerprint density at radius 2 is 2.05 bits per heavy atom. The minimum atomic E-state index is 0.579. The molecule has 4 heteroatoms. The van der Waals surface area contributed by atoms with Crippen LogP contribution in [0.5, 0.6) is 0 Å². The lowest BCUT2D eigenvalue weighted by atomic mass is 10.2. The summed E-state index contributed by atoms with van der Waals surface area (Å²) >= 11 is 0. The van der Waals surface area contributed by atoms with Crippen molar-refractivity contribution in [1.82, 2.24) is 14.5 Å². The van der Waals surface area contributed by atoms with Crippen LogP contribution in [0.15, 0.2) is 18.2 Å². The van der Waals surface area contributed by atoms with Gasteiger partial charge in [0, 0.05) is 26.6 Å². The van der Waals surface area contributed by atoms with Gasteiger partial charge in [-0.3, -0.25) is 0 Å². The van der Waals surface area contributed by atoms with Crippen molar-refractivity contribution in [3.63, 3.8) is 0 Å². The molecule has 1 saturated heterocycles. The van der Waals surface area contributed by atoms with Crippen LogP contribution in [0.2, 0.25) is 0 Å². The van der Waals surface area contributed by atoms with Gasteiger partial charge in [-0.2, -0.15) is 0 Å². The Kier molecular flexibility index (Phi) is 3.53. The molecule has 2 heterocycles. The molecule has 0 saturated carbocycles. The van der Waals surface area contributed by atoms with Gasteiger partial charge in [0.1, 0.15) is 5.82 Å². The average molecular weight is 258 g/mol. The number of hydrogen-bond acceptors (Lipinski definition) is 3. The smallest absolute Gasteiger partial charge is 0.110 e. The van der Waals surface area contributed by atoms with E-state index in [4.69, 9.17) is 10.7 Å². The molecule has 0 atom stereocenters. The lowest BCUT2D eigenvalue weighted by Gasteiger charge is -2.13. The summed E-state index contributed by atoms with van der Waals surface area (Å²) in [5.74, 6) is 1.18. The number of benzene rings is 1.